The smallest absolute Gasteiger partial charge is 0.258 e. The van der Waals surface area contributed by atoms with E-state index in [1.54, 1.807) is 0 Å². The molecule has 1 aromatic rings. The molecule has 0 aromatic heterocycles. The molecule has 16 heavy (non-hydrogen) atoms. The van der Waals surface area contributed by atoms with Gasteiger partial charge in [-0.05, 0) is 12.1 Å². The number of hydrogen-bond acceptors (Lipinski definition) is 4. The van der Waals surface area contributed by atoms with Crippen LogP contribution in [0.4, 0.5) is 5.69 Å². The summed E-state index contributed by atoms with van der Waals surface area (Å²) < 4.78 is 18.3. The quantitative estimate of drug-likeness (QED) is 0.448. The molecule has 0 aliphatic carbocycles. The van der Waals surface area contributed by atoms with E-state index in [2.05, 4.69) is 21.4 Å². The third kappa shape index (κ3) is 7.95. The number of hydrogen-bond donors (Lipinski definition) is 0. The molecule has 0 amide bonds. The highest BCUT2D eigenvalue weighted by Crippen LogP contribution is 2.26. The van der Waals surface area contributed by atoms with Crippen LogP contribution in [0.2, 0.25) is 10.0 Å². The van der Waals surface area contributed by atoms with Gasteiger partial charge < -0.3 is 0 Å². The molecule has 1 rings (SSSR count). The zero-order valence-electron chi connectivity index (χ0n) is 7.23. The zero-order valence-corrected chi connectivity index (χ0v) is 11.1. The van der Waals surface area contributed by atoms with Crippen molar-refractivity contribution < 1.29 is 13.3 Å². The Morgan fingerprint density at radius 1 is 1.19 bits per heavy atom. The summed E-state index contributed by atoms with van der Waals surface area (Å²) in [6.45, 7) is 0. The molecule has 0 aliphatic heterocycles. The first-order valence-electron chi connectivity index (χ1n) is 3.35. The Hall–Kier alpha value is -0.270. The van der Waals surface area contributed by atoms with Gasteiger partial charge in [-0.25, -0.2) is 0 Å². The van der Waals surface area contributed by atoms with Gasteiger partial charge in [0.1, 0.15) is 5.02 Å². The van der Waals surface area contributed by atoms with Crippen LogP contribution in [-0.2, 0) is 8.26 Å². The topological polar surface area (TPSA) is 77.3 Å². The van der Waals surface area contributed by atoms with E-state index in [9.17, 15) is 10.1 Å². The van der Waals surface area contributed by atoms with Crippen LogP contribution < -0.4 is 0 Å². The average molecular weight is 327 g/mol. The maximum atomic E-state index is 10.2. The Kier molecular flexibility index (Phi) is 6.35. The van der Waals surface area contributed by atoms with Crippen molar-refractivity contribution in [1.29, 1.82) is 0 Å². The molecule has 0 radical (unpaired) electrons. The van der Waals surface area contributed by atoms with Crippen LogP contribution in [-0.4, -0.2) is 13.3 Å². The highest BCUT2D eigenvalue weighted by molar-refractivity contribution is 8.31. The molecule has 0 atom stereocenters. The van der Waals surface area contributed by atoms with Crippen molar-refractivity contribution in [2.24, 2.45) is 0 Å². The maximum absolute atomic E-state index is 10.2. The SMILES string of the molecule is O=S(=O)(Cl)Cl.O=[N+]([O-])c1ccc(Cl)cc1Cl. The Morgan fingerprint density at radius 2 is 1.62 bits per heavy atom. The van der Waals surface area contributed by atoms with Crippen LogP contribution in [0, 0.1) is 10.1 Å². The lowest BCUT2D eigenvalue weighted by atomic mass is 10.3. The lowest BCUT2D eigenvalue weighted by Gasteiger charge is -1.93. The van der Waals surface area contributed by atoms with Gasteiger partial charge in [-0.2, -0.15) is 8.42 Å². The van der Waals surface area contributed by atoms with E-state index in [-0.39, 0.29) is 10.7 Å². The zero-order chi connectivity index (χ0) is 12.9. The summed E-state index contributed by atoms with van der Waals surface area (Å²) in [5.74, 6) is 0. The second kappa shape index (κ2) is 6.46. The van der Waals surface area contributed by atoms with Gasteiger partial charge in [0, 0.05) is 32.5 Å². The molecule has 0 spiro atoms. The van der Waals surface area contributed by atoms with Crippen LogP contribution in [0.5, 0.6) is 0 Å². The normalized spacial score (nSPS) is 10.2. The Morgan fingerprint density at radius 3 is 1.94 bits per heavy atom. The number of nitrogens with zero attached hydrogens (tertiary/aromatic N) is 1. The first kappa shape index (κ1) is 15.7. The molecule has 5 nitrogen and oxygen atoms in total. The summed E-state index contributed by atoms with van der Waals surface area (Å²) in [4.78, 5) is 9.65. The van der Waals surface area contributed by atoms with E-state index in [1.807, 2.05) is 0 Å². The number of benzene rings is 1. The van der Waals surface area contributed by atoms with Crippen LogP contribution in [0.15, 0.2) is 18.2 Å². The highest BCUT2D eigenvalue weighted by Gasteiger charge is 2.10. The van der Waals surface area contributed by atoms with E-state index >= 15 is 0 Å². The molecule has 0 saturated carbocycles. The summed E-state index contributed by atoms with van der Waals surface area (Å²) in [6.07, 6.45) is 0. The summed E-state index contributed by atoms with van der Waals surface area (Å²) in [5.41, 5.74) is -0.129. The lowest BCUT2D eigenvalue weighted by Crippen LogP contribution is -1.87. The van der Waals surface area contributed by atoms with Crippen molar-refractivity contribution in [2.45, 2.75) is 0 Å². The first-order valence-corrected chi connectivity index (χ1v) is 7.24. The second-order valence-electron chi connectivity index (χ2n) is 2.23. The number of halogens is 4. The molecule has 90 valence electrons. The summed E-state index contributed by atoms with van der Waals surface area (Å²) in [6, 6.07) is 4.03. The van der Waals surface area contributed by atoms with Gasteiger partial charge in [0.2, 0.25) is 0 Å². The lowest BCUT2D eigenvalue weighted by molar-refractivity contribution is -0.384. The van der Waals surface area contributed by atoms with Crippen molar-refractivity contribution in [3.8, 4) is 0 Å². The fraction of sp³-hybridized carbons (Fsp3) is 0. The molecular formula is C6H3Cl4NO4S. The fourth-order valence-corrected chi connectivity index (χ4v) is 1.11. The Balaban J connectivity index is 0.000000385. The number of nitro groups is 1. The summed E-state index contributed by atoms with van der Waals surface area (Å²) in [5, 5.41) is 10.7. The van der Waals surface area contributed by atoms with Gasteiger partial charge >= 0.3 is 8.26 Å². The van der Waals surface area contributed by atoms with Gasteiger partial charge in [-0.15, -0.1) is 0 Å². The van der Waals surface area contributed by atoms with E-state index in [0.717, 1.165) is 0 Å². The van der Waals surface area contributed by atoms with Gasteiger partial charge in [-0.3, -0.25) is 10.1 Å². The molecular weight excluding hydrogens is 324 g/mol. The largest absolute Gasteiger partial charge is 0.317 e. The molecule has 0 bridgehead atoms. The third-order valence-corrected chi connectivity index (χ3v) is 1.64. The van der Waals surface area contributed by atoms with Crippen molar-refractivity contribution in [3.05, 3.63) is 38.4 Å². The predicted octanol–water partition coefficient (Wildman–Crippen LogP) is 3.61. The van der Waals surface area contributed by atoms with Gasteiger partial charge in [-0.1, -0.05) is 23.2 Å². The average Bonchev–Trinajstić information content (AvgIpc) is 1.99. The fourth-order valence-electron chi connectivity index (χ4n) is 0.629. The van der Waals surface area contributed by atoms with E-state index in [0.29, 0.717) is 5.02 Å². The highest BCUT2D eigenvalue weighted by atomic mass is 36.0. The number of nitro benzene ring substituents is 1. The molecule has 0 aliphatic rings. The van der Waals surface area contributed by atoms with Gasteiger partial charge in [0.25, 0.3) is 5.69 Å². The second-order valence-corrected chi connectivity index (χ2v) is 6.74. The first-order chi connectivity index (χ1) is 7.11. The third-order valence-electron chi connectivity index (χ3n) is 1.11. The minimum absolute atomic E-state index is 0.0579. The van der Waals surface area contributed by atoms with E-state index in [1.165, 1.54) is 18.2 Å². The summed E-state index contributed by atoms with van der Waals surface area (Å²) >= 11 is 11.0. The van der Waals surface area contributed by atoms with Crippen molar-refractivity contribution in [3.63, 3.8) is 0 Å². The molecule has 1 aromatic carbocycles. The van der Waals surface area contributed by atoms with Crippen molar-refractivity contribution in [2.75, 3.05) is 0 Å². The van der Waals surface area contributed by atoms with E-state index < -0.39 is 13.2 Å². The molecule has 10 heteroatoms. The molecule has 0 saturated heterocycles. The molecule has 0 N–H and O–H groups in total. The van der Waals surface area contributed by atoms with E-state index in [4.69, 9.17) is 31.6 Å². The minimum Gasteiger partial charge on any atom is -0.258 e. The van der Waals surface area contributed by atoms with Crippen LogP contribution in [0.1, 0.15) is 0 Å². The molecule has 0 heterocycles. The Labute approximate surface area is 110 Å². The van der Waals surface area contributed by atoms with Gasteiger partial charge in [0.05, 0.1) is 4.92 Å². The van der Waals surface area contributed by atoms with Gasteiger partial charge in [0.15, 0.2) is 0 Å². The predicted molar refractivity (Wildman–Crippen MR) is 63.7 cm³/mol. The monoisotopic (exact) mass is 325 g/mol. The standard InChI is InChI=1S/C6H3Cl2NO2.Cl2O2S/c7-4-1-2-6(9(10)11)5(8)3-4;1-5(2,3)4/h1-3H;. The van der Waals surface area contributed by atoms with Crippen LogP contribution in [0.3, 0.4) is 0 Å². The minimum atomic E-state index is -3.72. The van der Waals surface area contributed by atoms with Crippen LogP contribution >= 0.6 is 44.6 Å². The van der Waals surface area contributed by atoms with Crippen molar-refractivity contribution >= 4 is 58.5 Å². The number of rotatable bonds is 1. The maximum Gasteiger partial charge on any atom is 0.317 e. The van der Waals surface area contributed by atoms with Crippen molar-refractivity contribution in [1.82, 2.24) is 0 Å². The Bertz CT molecular complexity index is 481. The summed E-state index contributed by atoms with van der Waals surface area (Å²) in [7, 11) is 4.81. The van der Waals surface area contributed by atoms with Crippen LogP contribution in [0.25, 0.3) is 0 Å². The molecule has 0 fully saturated rings. The molecule has 0 unspecified atom stereocenters.